The number of aliphatic hydroxyl groups is 1. The van der Waals surface area contributed by atoms with Gasteiger partial charge in [0.1, 0.15) is 5.60 Å². The number of phenolic OH excluding ortho intramolecular Hbond substituents is 1. The molecule has 2 fully saturated rings. The van der Waals surface area contributed by atoms with Gasteiger partial charge in [-0.05, 0) is 68.8 Å². The molecule has 6 heteroatoms. The van der Waals surface area contributed by atoms with E-state index in [2.05, 4.69) is 6.92 Å². The Kier molecular flexibility index (Phi) is 4.70. The summed E-state index contributed by atoms with van der Waals surface area (Å²) in [7, 11) is 3.80. The maximum absolute atomic E-state index is 13.7. The molecule has 2 aliphatic rings. The maximum Gasteiger partial charge on any atom is 0.200 e. The van der Waals surface area contributed by atoms with E-state index < -0.39 is 23.0 Å². The van der Waals surface area contributed by atoms with Gasteiger partial charge in [0.25, 0.3) is 0 Å². The van der Waals surface area contributed by atoms with Crippen molar-refractivity contribution in [2.45, 2.75) is 44.2 Å². The first kappa shape index (κ1) is 18.4. The van der Waals surface area contributed by atoms with Gasteiger partial charge in [0.2, 0.25) is 0 Å². The predicted molar refractivity (Wildman–Crippen MR) is 86.7 cm³/mol. The third kappa shape index (κ3) is 2.73. The molecule has 23 heavy (non-hydrogen) atoms. The Bertz CT molecular complexity index is 589. The number of phenols is 1. The number of halogens is 3. The Morgan fingerprint density at radius 1 is 1.22 bits per heavy atom. The average Bonchev–Trinajstić information content (AvgIpc) is 2.71. The highest BCUT2D eigenvalue weighted by molar-refractivity contribution is 5.85. The van der Waals surface area contributed by atoms with Crippen molar-refractivity contribution < 1.29 is 19.0 Å². The van der Waals surface area contributed by atoms with Crippen molar-refractivity contribution in [2.75, 3.05) is 14.1 Å². The molecule has 0 saturated heterocycles. The zero-order valence-corrected chi connectivity index (χ0v) is 14.5. The van der Waals surface area contributed by atoms with E-state index in [4.69, 9.17) is 0 Å². The molecule has 2 bridgehead atoms. The number of likely N-dealkylation sites (N-methyl/N-ethyl adjacent to an activating group) is 1. The molecule has 1 aromatic rings. The smallest absolute Gasteiger partial charge is 0.200 e. The van der Waals surface area contributed by atoms with Crippen molar-refractivity contribution in [1.82, 2.24) is 4.90 Å². The molecule has 1 aromatic carbocycles. The second kappa shape index (κ2) is 5.87. The fraction of sp³-hybridized carbons (Fsp3) is 0.647. The molecular formula is C17H24ClF2NO2. The molecule has 3 rings (SSSR count). The molecule has 2 saturated carbocycles. The molecule has 0 amide bonds. The summed E-state index contributed by atoms with van der Waals surface area (Å²) in [6.07, 6.45) is 3.60. The zero-order chi connectivity index (χ0) is 16.3. The Balaban J connectivity index is 0.00000192. The molecule has 3 nitrogen and oxygen atoms in total. The lowest BCUT2D eigenvalue weighted by molar-refractivity contribution is -0.121. The lowest BCUT2D eigenvalue weighted by Gasteiger charge is -2.52. The second-order valence-electron chi connectivity index (χ2n) is 7.55. The Morgan fingerprint density at radius 2 is 1.87 bits per heavy atom. The Labute approximate surface area is 141 Å². The van der Waals surface area contributed by atoms with Gasteiger partial charge in [-0.1, -0.05) is 6.92 Å². The molecule has 0 aromatic heterocycles. The van der Waals surface area contributed by atoms with E-state index in [0.29, 0.717) is 12.3 Å². The number of benzene rings is 1. The maximum atomic E-state index is 13.7. The van der Waals surface area contributed by atoms with Crippen LogP contribution in [0.4, 0.5) is 8.78 Å². The van der Waals surface area contributed by atoms with Crippen LogP contribution in [0.15, 0.2) is 12.1 Å². The summed E-state index contributed by atoms with van der Waals surface area (Å²) in [5.41, 5.74) is -1.09. The minimum atomic E-state index is -1.29. The topological polar surface area (TPSA) is 43.7 Å². The second-order valence-corrected chi connectivity index (χ2v) is 7.55. The van der Waals surface area contributed by atoms with Gasteiger partial charge in [-0.3, -0.25) is 0 Å². The number of fused-ring (bicyclic) bond motifs is 2. The van der Waals surface area contributed by atoms with Crippen LogP contribution in [-0.2, 0) is 5.60 Å². The first-order valence-corrected chi connectivity index (χ1v) is 7.75. The van der Waals surface area contributed by atoms with E-state index in [1.54, 1.807) is 0 Å². The normalized spacial score (nSPS) is 36.1. The monoisotopic (exact) mass is 347 g/mol. The van der Waals surface area contributed by atoms with Gasteiger partial charge >= 0.3 is 0 Å². The van der Waals surface area contributed by atoms with Crippen LogP contribution in [0.5, 0.6) is 5.75 Å². The summed E-state index contributed by atoms with van der Waals surface area (Å²) >= 11 is 0. The van der Waals surface area contributed by atoms with Crippen molar-refractivity contribution in [3.05, 3.63) is 29.3 Å². The highest BCUT2D eigenvalue weighted by atomic mass is 35.5. The molecule has 130 valence electrons. The van der Waals surface area contributed by atoms with Crippen LogP contribution >= 0.6 is 12.4 Å². The lowest BCUT2D eigenvalue weighted by Crippen LogP contribution is -2.58. The minimum Gasteiger partial charge on any atom is -0.505 e. The number of aromatic hydroxyl groups is 1. The van der Waals surface area contributed by atoms with E-state index >= 15 is 0 Å². The molecule has 2 N–H and O–H groups in total. The van der Waals surface area contributed by atoms with E-state index in [9.17, 15) is 19.0 Å². The third-order valence-corrected chi connectivity index (χ3v) is 5.62. The van der Waals surface area contributed by atoms with Crippen LogP contribution in [0.3, 0.4) is 0 Å². The van der Waals surface area contributed by atoms with E-state index in [1.165, 1.54) is 6.07 Å². The average molecular weight is 348 g/mol. The van der Waals surface area contributed by atoms with E-state index in [-0.39, 0.29) is 29.4 Å². The molecule has 0 radical (unpaired) electrons. The summed E-state index contributed by atoms with van der Waals surface area (Å²) in [6.45, 7) is 2.15. The fourth-order valence-electron chi connectivity index (χ4n) is 5.10. The van der Waals surface area contributed by atoms with Gasteiger partial charge in [-0.15, -0.1) is 12.4 Å². The van der Waals surface area contributed by atoms with Crippen LogP contribution in [0.1, 0.15) is 38.2 Å². The summed E-state index contributed by atoms with van der Waals surface area (Å²) in [6, 6.07) is 1.99. The summed E-state index contributed by atoms with van der Waals surface area (Å²) < 4.78 is 27.1. The molecular weight excluding hydrogens is 324 g/mol. The van der Waals surface area contributed by atoms with Crippen molar-refractivity contribution in [3.8, 4) is 5.75 Å². The molecule has 4 unspecified atom stereocenters. The highest BCUT2D eigenvalue weighted by Crippen LogP contribution is 2.59. The third-order valence-electron chi connectivity index (χ3n) is 5.62. The lowest BCUT2D eigenvalue weighted by atomic mass is 9.62. The van der Waals surface area contributed by atoms with Crippen molar-refractivity contribution in [3.63, 3.8) is 0 Å². The molecule has 0 spiro atoms. The largest absolute Gasteiger partial charge is 0.505 e. The van der Waals surface area contributed by atoms with Crippen LogP contribution in [-0.4, -0.2) is 35.3 Å². The van der Waals surface area contributed by atoms with Crippen molar-refractivity contribution in [1.29, 1.82) is 0 Å². The number of nitrogens with zero attached hydrogens (tertiary/aromatic N) is 1. The quantitative estimate of drug-likeness (QED) is 0.861. The van der Waals surface area contributed by atoms with Gasteiger partial charge in [0, 0.05) is 6.04 Å². The summed E-state index contributed by atoms with van der Waals surface area (Å²) in [5.74, 6) is -2.76. The van der Waals surface area contributed by atoms with Crippen molar-refractivity contribution in [2.24, 2.45) is 11.3 Å². The zero-order valence-electron chi connectivity index (χ0n) is 13.6. The summed E-state index contributed by atoms with van der Waals surface area (Å²) in [4.78, 5) is 1.97. The van der Waals surface area contributed by atoms with E-state index in [1.807, 2.05) is 19.0 Å². The van der Waals surface area contributed by atoms with Gasteiger partial charge in [0.15, 0.2) is 17.4 Å². The standard InChI is InChI=1S/C17H23F2NO2.ClH/c1-16-5-4-10(8-16)9-17(22,15(16)20(2)3)11-6-12(18)14(19)13(21)7-11;/h6-7,10,15,21-22H,4-5,8-9H2,1-3H3;1H. The number of hydrogen-bond donors (Lipinski definition) is 2. The van der Waals surface area contributed by atoms with Crippen LogP contribution in [0.25, 0.3) is 0 Å². The van der Waals surface area contributed by atoms with Gasteiger partial charge < -0.3 is 15.1 Å². The fourth-order valence-corrected chi connectivity index (χ4v) is 5.10. The number of rotatable bonds is 2. The molecule has 4 atom stereocenters. The van der Waals surface area contributed by atoms with Gasteiger partial charge in [-0.25, -0.2) is 4.39 Å². The van der Waals surface area contributed by atoms with Crippen LogP contribution in [0.2, 0.25) is 0 Å². The highest BCUT2D eigenvalue weighted by Gasteiger charge is 2.58. The minimum absolute atomic E-state index is 0. The summed E-state index contributed by atoms with van der Waals surface area (Å²) in [5, 5.41) is 21.0. The molecule has 2 aliphatic carbocycles. The molecule has 0 aliphatic heterocycles. The van der Waals surface area contributed by atoms with Crippen molar-refractivity contribution >= 4 is 12.4 Å². The Hall–Kier alpha value is -0.910. The Morgan fingerprint density at radius 3 is 2.43 bits per heavy atom. The van der Waals surface area contributed by atoms with Crippen LogP contribution < -0.4 is 0 Å². The van der Waals surface area contributed by atoms with E-state index in [0.717, 1.165) is 25.3 Å². The SMILES string of the molecule is CN(C)C1C2(C)CCC(C2)CC1(O)c1cc(O)c(F)c(F)c1.Cl. The first-order valence-electron chi connectivity index (χ1n) is 7.75. The van der Waals surface area contributed by atoms with Gasteiger partial charge in [-0.2, -0.15) is 4.39 Å². The predicted octanol–water partition coefficient (Wildman–Crippen LogP) is 3.42. The molecule has 0 heterocycles. The number of hydrogen-bond acceptors (Lipinski definition) is 3. The van der Waals surface area contributed by atoms with Gasteiger partial charge in [0.05, 0.1) is 0 Å². The van der Waals surface area contributed by atoms with Crippen LogP contribution in [0, 0.1) is 23.0 Å². The first-order chi connectivity index (χ1) is 10.2.